The van der Waals surface area contributed by atoms with Gasteiger partial charge in [0.1, 0.15) is 0 Å². The predicted molar refractivity (Wildman–Crippen MR) is 73.0 cm³/mol. The van der Waals surface area contributed by atoms with Crippen molar-refractivity contribution in [1.82, 2.24) is 0 Å². The maximum atomic E-state index is 11.1. The van der Waals surface area contributed by atoms with E-state index in [4.69, 9.17) is 0 Å². The van der Waals surface area contributed by atoms with Crippen LogP contribution in [0, 0.1) is 0 Å². The molecule has 0 atom stereocenters. The van der Waals surface area contributed by atoms with E-state index in [0.29, 0.717) is 0 Å². The topological polar surface area (TPSA) is 29.1 Å². The molecule has 17 heavy (non-hydrogen) atoms. The van der Waals surface area contributed by atoms with Gasteiger partial charge in [-0.05, 0) is 31.0 Å². The second-order valence-corrected chi connectivity index (χ2v) is 4.97. The summed E-state index contributed by atoms with van der Waals surface area (Å²) in [5.74, 6) is 0.131. The Labute approximate surface area is 105 Å². The highest BCUT2D eigenvalue weighted by Crippen LogP contribution is 2.21. The Balaban J connectivity index is 1.84. The summed E-state index contributed by atoms with van der Waals surface area (Å²) in [5.41, 5.74) is 1.32. The van der Waals surface area contributed by atoms with E-state index >= 15 is 0 Å². The first-order valence-electron chi connectivity index (χ1n) is 5.64. The second-order valence-electron chi connectivity index (χ2n) is 3.88. The molecule has 2 aromatic rings. The van der Waals surface area contributed by atoms with Gasteiger partial charge in [0.2, 0.25) is 0 Å². The molecule has 0 aliphatic heterocycles. The van der Waals surface area contributed by atoms with Crippen molar-refractivity contribution in [3.63, 3.8) is 0 Å². The van der Waals surface area contributed by atoms with Crippen LogP contribution in [0.2, 0.25) is 0 Å². The zero-order valence-electron chi connectivity index (χ0n) is 9.77. The Morgan fingerprint density at radius 1 is 1.18 bits per heavy atom. The van der Waals surface area contributed by atoms with Gasteiger partial charge in [0.15, 0.2) is 5.78 Å². The smallest absolute Gasteiger partial charge is 0.169 e. The van der Waals surface area contributed by atoms with Crippen molar-refractivity contribution < 1.29 is 4.79 Å². The number of hydrogen-bond acceptors (Lipinski definition) is 3. The quantitative estimate of drug-likeness (QED) is 0.815. The molecule has 3 heteroatoms. The van der Waals surface area contributed by atoms with Crippen molar-refractivity contribution in [3.8, 4) is 0 Å². The van der Waals surface area contributed by atoms with Gasteiger partial charge < -0.3 is 5.32 Å². The number of thiophene rings is 1. The second kappa shape index (κ2) is 5.64. The number of carbonyl (C=O) groups excluding carboxylic acids is 1. The first kappa shape index (κ1) is 11.9. The third-order valence-corrected chi connectivity index (χ3v) is 3.65. The van der Waals surface area contributed by atoms with Crippen LogP contribution in [0.1, 0.15) is 22.2 Å². The lowest BCUT2D eigenvalue weighted by Crippen LogP contribution is -2.03. The van der Waals surface area contributed by atoms with E-state index in [2.05, 4.69) is 17.4 Å². The van der Waals surface area contributed by atoms with E-state index in [0.717, 1.165) is 22.8 Å². The molecule has 1 aromatic carbocycles. The minimum absolute atomic E-state index is 0.131. The minimum atomic E-state index is 0.131. The van der Waals surface area contributed by atoms with Crippen molar-refractivity contribution in [1.29, 1.82) is 0 Å². The Morgan fingerprint density at radius 3 is 2.59 bits per heavy atom. The van der Waals surface area contributed by atoms with E-state index in [-0.39, 0.29) is 5.78 Å². The maximum absolute atomic E-state index is 11.1. The van der Waals surface area contributed by atoms with Crippen molar-refractivity contribution in [2.45, 2.75) is 13.3 Å². The molecule has 2 nitrogen and oxygen atoms in total. The van der Waals surface area contributed by atoms with Crippen molar-refractivity contribution in [3.05, 3.63) is 52.9 Å². The summed E-state index contributed by atoms with van der Waals surface area (Å²) in [7, 11) is 0. The van der Waals surface area contributed by atoms with E-state index in [9.17, 15) is 4.79 Å². The van der Waals surface area contributed by atoms with E-state index < -0.39 is 0 Å². The SMILES string of the molecule is CC(=O)c1ccc(NCCc2ccccc2)s1. The highest BCUT2D eigenvalue weighted by Gasteiger charge is 2.03. The molecule has 0 spiro atoms. The summed E-state index contributed by atoms with van der Waals surface area (Å²) < 4.78 is 0. The normalized spacial score (nSPS) is 10.2. The lowest BCUT2D eigenvalue weighted by molar-refractivity contribution is 0.102. The Bertz CT molecular complexity index is 490. The fourth-order valence-electron chi connectivity index (χ4n) is 1.60. The van der Waals surface area contributed by atoms with Gasteiger partial charge in [-0.1, -0.05) is 30.3 Å². The standard InChI is InChI=1S/C14H15NOS/c1-11(16)13-7-8-14(17-13)15-10-9-12-5-3-2-4-6-12/h2-8,15H,9-10H2,1H3. The van der Waals surface area contributed by atoms with Crippen molar-refractivity contribution >= 4 is 22.1 Å². The summed E-state index contributed by atoms with van der Waals surface area (Å²) in [5, 5.41) is 4.40. The number of nitrogens with one attached hydrogen (secondary N) is 1. The van der Waals surface area contributed by atoms with Gasteiger partial charge in [0.25, 0.3) is 0 Å². The number of carbonyl (C=O) groups is 1. The molecule has 0 radical (unpaired) electrons. The van der Waals surface area contributed by atoms with Gasteiger partial charge in [-0.2, -0.15) is 0 Å². The maximum Gasteiger partial charge on any atom is 0.169 e. The highest BCUT2D eigenvalue weighted by molar-refractivity contribution is 7.17. The van der Waals surface area contributed by atoms with Crippen LogP contribution >= 0.6 is 11.3 Å². The van der Waals surface area contributed by atoms with E-state index in [1.807, 2.05) is 30.3 Å². The molecule has 0 amide bonds. The molecular formula is C14H15NOS. The molecule has 0 saturated heterocycles. The van der Waals surface area contributed by atoms with Gasteiger partial charge in [-0.25, -0.2) is 0 Å². The number of benzene rings is 1. The van der Waals surface area contributed by atoms with Crippen LogP contribution in [0.15, 0.2) is 42.5 Å². The third-order valence-electron chi connectivity index (χ3n) is 2.51. The molecule has 1 N–H and O–H groups in total. The lowest BCUT2D eigenvalue weighted by Gasteiger charge is -2.03. The fourth-order valence-corrected chi connectivity index (χ4v) is 2.42. The monoisotopic (exact) mass is 245 g/mol. The lowest BCUT2D eigenvalue weighted by atomic mass is 10.1. The summed E-state index contributed by atoms with van der Waals surface area (Å²) >= 11 is 1.52. The zero-order valence-corrected chi connectivity index (χ0v) is 10.6. The first-order valence-corrected chi connectivity index (χ1v) is 6.46. The molecular weight excluding hydrogens is 230 g/mol. The predicted octanol–water partition coefficient (Wildman–Crippen LogP) is 3.61. The zero-order chi connectivity index (χ0) is 12.1. The van der Waals surface area contributed by atoms with Crippen LogP contribution in [-0.2, 0) is 6.42 Å². The number of Topliss-reactive ketones (excluding diaryl/α,β-unsaturated/α-hetero) is 1. The highest BCUT2D eigenvalue weighted by atomic mass is 32.1. The van der Waals surface area contributed by atoms with Crippen molar-refractivity contribution in [2.75, 3.05) is 11.9 Å². The van der Waals surface area contributed by atoms with Gasteiger partial charge >= 0.3 is 0 Å². The van der Waals surface area contributed by atoms with Crippen LogP contribution in [-0.4, -0.2) is 12.3 Å². The van der Waals surface area contributed by atoms with E-state index in [1.54, 1.807) is 6.92 Å². The summed E-state index contributed by atoms with van der Waals surface area (Å²) in [4.78, 5) is 11.9. The van der Waals surface area contributed by atoms with E-state index in [1.165, 1.54) is 16.9 Å². The van der Waals surface area contributed by atoms with Gasteiger partial charge in [0, 0.05) is 6.54 Å². The molecule has 0 bridgehead atoms. The fraction of sp³-hybridized carbons (Fsp3) is 0.214. The molecule has 2 rings (SSSR count). The molecule has 0 saturated carbocycles. The summed E-state index contributed by atoms with van der Waals surface area (Å²) in [6, 6.07) is 14.2. The Hall–Kier alpha value is -1.61. The van der Waals surface area contributed by atoms with Crippen LogP contribution < -0.4 is 5.32 Å². The van der Waals surface area contributed by atoms with Crippen LogP contribution in [0.4, 0.5) is 5.00 Å². The van der Waals surface area contributed by atoms with Gasteiger partial charge in [-0.3, -0.25) is 4.79 Å². The Kier molecular flexibility index (Phi) is 3.94. The summed E-state index contributed by atoms with van der Waals surface area (Å²) in [6.07, 6.45) is 0.994. The number of rotatable bonds is 5. The summed E-state index contributed by atoms with van der Waals surface area (Å²) in [6.45, 7) is 2.49. The van der Waals surface area contributed by atoms with Crippen LogP contribution in [0.25, 0.3) is 0 Å². The van der Waals surface area contributed by atoms with Gasteiger partial charge in [-0.15, -0.1) is 11.3 Å². The van der Waals surface area contributed by atoms with Crippen LogP contribution in [0.5, 0.6) is 0 Å². The van der Waals surface area contributed by atoms with Gasteiger partial charge in [0.05, 0.1) is 9.88 Å². The molecule has 1 aromatic heterocycles. The molecule has 1 heterocycles. The average molecular weight is 245 g/mol. The first-order chi connectivity index (χ1) is 8.25. The minimum Gasteiger partial charge on any atom is -0.377 e. The van der Waals surface area contributed by atoms with Crippen LogP contribution in [0.3, 0.4) is 0 Å². The largest absolute Gasteiger partial charge is 0.377 e. The number of ketones is 1. The van der Waals surface area contributed by atoms with Crippen molar-refractivity contribution in [2.24, 2.45) is 0 Å². The molecule has 88 valence electrons. The molecule has 0 fully saturated rings. The number of anilines is 1. The molecule has 0 aliphatic carbocycles. The average Bonchev–Trinajstić information content (AvgIpc) is 2.79. The third kappa shape index (κ3) is 3.43. The Morgan fingerprint density at radius 2 is 1.94 bits per heavy atom. The molecule has 0 aliphatic rings. The molecule has 0 unspecified atom stereocenters. The number of hydrogen-bond donors (Lipinski definition) is 1.